The number of phenolic OH excluding ortho intramolecular Hbond substituents is 1. The van der Waals surface area contributed by atoms with Crippen LogP contribution in [-0.4, -0.2) is 17.1 Å². The summed E-state index contributed by atoms with van der Waals surface area (Å²) in [5.74, 6) is 1.04. The lowest BCUT2D eigenvalue weighted by Gasteiger charge is -2.17. The predicted octanol–water partition coefficient (Wildman–Crippen LogP) is 3.95. The van der Waals surface area contributed by atoms with Crippen LogP contribution in [-0.2, 0) is 6.54 Å². The molecule has 1 aliphatic carbocycles. The summed E-state index contributed by atoms with van der Waals surface area (Å²) in [5, 5.41) is 18.5. The van der Waals surface area contributed by atoms with E-state index in [1.165, 1.54) is 30.6 Å². The van der Waals surface area contributed by atoms with E-state index in [0.717, 1.165) is 11.6 Å². The third-order valence-corrected chi connectivity index (χ3v) is 4.64. The Morgan fingerprint density at radius 2 is 2.09 bits per heavy atom. The topological polar surface area (TPSA) is 56.6 Å². The average Bonchev–Trinajstić information content (AvgIpc) is 3.18. The van der Waals surface area contributed by atoms with Crippen molar-refractivity contribution in [3.63, 3.8) is 0 Å². The first-order chi connectivity index (χ1) is 10.8. The molecule has 22 heavy (non-hydrogen) atoms. The second-order valence-electron chi connectivity index (χ2n) is 5.55. The monoisotopic (exact) mass is 315 g/mol. The lowest BCUT2D eigenvalue weighted by Crippen LogP contribution is -2.37. The Morgan fingerprint density at radius 3 is 2.82 bits per heavy atom. The van der Waals surface area contributed by atoms with Crippen LogP contribution in [0.4, 0.5) is 5.69 Å². The second kappa shape index (κ2) is 7.31. The number of phenols is 1. The highest BCUT2D eigenvalue weighted by molar-refractivity contribution is 7.09. The smallest absolute Gasteiger partial charge is 0.196 e. The number of nitrogens with zero attached hydrogens (tertiary/aromatic N) is 1. The van der Waals surface area contributed by atoms with E-state index in [2.05, 4.69) is 27.1 Å². The maximum absolute atomic E-state index is 9.59. The molecule has 1 aromatic heterocycles. The zero-order valence-corrected chi connectivity index (χ0v) is 13.3. The fraction of sp³-hybridized carbons (Fsp3) is 0.353. The van der Waals surface area contributed by atoms with Crippen molar-refractivity contribution in [3.05, 3.63) is 46.7 Å². The molecule has 0 unspecified atom stereocenters. The van der Waals surface area contributed by atoms with Gasteiger partial charge in [-0.15, -0.1) is 11.3 Å². The summed E-state index contributed by atoms with van der Waals surface area (Å²) in [7, 11) is 0. The number of rotatable bonds is 4. The summed E-state index contributed by atoms with van der Waals surface area (Å²) in [5.41, 5.74) is 0.843. The van der Waals surface area contributed by atoms with Gasteiger partial charge in [-0.3, -0.25) is 0 Å². The van der Waals surface area contributed by atoms with Crippen molar-refractivity contribution in [2.75, 3.05) is 5.32 Å². The molecule has 0 bridgehead atoms. The fourth-order valence-electron chi connectivity index (χ4n) is 2.66. The average molecular weight is 315 g/mol. The lowest BCUT2D eigenvalue weighted by molar-refractivity contribution is 0.475. The second-order valence-corrected chi connectivity index (χ2v) is 6.58. The van der Waals surface area contributed by atoms with Crippen LogP contribution < -0.4 is 10.6 Å². The molecular formula is C17H21N3OS. The highest BCUT2D eigenvalue weighted by Gasteiger charge is 2.16. The number of guanidine groups is 1. The van der Waals surface area contributed by atoms with E-state index in [0.29, 0.717) is 12.6 Å². The summed E-state index contributed by atoms with van der Waals surface area (Å²) < 4.78 is 0. The predicted molar refractivity (Wildman–Crippen MR) is 92.6 cm³/mol. The Hall–Kier alpha value is -2.01. The third-order valence-electron chi connectivity index (χ3n) is 3.78. The van der Waals surface area contributed by atoms with Gasteiger partial charge < -0.3 is 15.7 Å². The van der Waals surface area contributed by atoms with Crippen LogP contribution in [0.5, 0.6) is 5.75 Å². The molecule has 3 N–H and O–H groups in total. The van der Waals surface area contributed by atoms with E-state index < -0.39 is 0 Å². The van der Waals surface area contributed by atoms with Crippen LogP contribution in [0.15, 0.2) is 46.8 Å². The van der Waals surface area contributed by atoms with E-state index in [4.69, 9.17) is 0 Å². The van der Waals surface area contributed by atoms with Crippen molar-refractivity contribution in [1.82, 2.24) is 5.32 Å². The molecular weight excluding hydrogens is 294 g/mol. The minimum Gasteiger partial charge on any atom is -0.508 e. The van der Waals surface area contributed by atoms with Gasteiger partial charge in [-0.05, 0) is 36.4 Å². The van der Waals surface area contributed by atoms with Crippen molar-refractivity contribution >= 4 is 23.0 Å². The molecule has 5 heteroatoms. The minimum absolute atomic E-state index is 0.253. The van der Waals surface area contributed by atoms with Crippen molar-refractivity contribution in [2.45, 2.75) is 38.3 Å². The van der Waals surface area contributed by atoms with Crippen LogP contribution in [0.1, 0.15) is 30.6 Å². The molecule has 1 fully saturated rings. The Morgan fingerprint density at radius 1 is 1.23 bits per heavy atom. The van der Waals surface area contributed by atoms with Crippen LogP contribution in [0.3, 0.4) is 0 Å². The van der Waals surface area contributed by atoms with Gasteiger partial charge in [-0.1, -0.05) is 25.0 Å². The van der Waals surface area contributed by atoms with Crippen LogP contribution in [0.2, 0.25) is 0 Å². The number of hydrogen-bond acceptors (Lipinski definition) is 3. The van der Waals surface area contributed by atoms with E-state index in [1.54, 1.807) is 23.5 Å². The van der Waals surface area contributed by atoms with E-state index in [-0.39, 0.29) is 5.75 Å². The van der Waals surface area contributed by atoms with Gasteiger partial charge >= 0.3 is 0 Å². The van der Waals surface area contributed by atoms with Gasteiger partial charge in [0.05, 0.1) is 6.54 Å². The quantitative estimate of drug-likeness (QED) is 0.591. The van der Waals surface area contributed by atoms with Crippen molar-refractivity contribution in [1.29, 1.82) is 0 Å². The van der Waals surface area contributed by atoms with Gasteiger partial charge in [0.25, 0.3) is 0 Å². The first kappa shape index (κ1) is 14.9. The number of hydrogen-bond donors (Lipinski definition) is 3. The number of aliphatic imine (C=N–C) groups is 1. The van der Waals surface area contributed by atoms with Gasteiger partial charge in [0.2, 0.25) is 0 Å². The van der Waals surface area contributed by atoms with E-state index >= 15 is 0 Å². The Labute approximate surface area is 134 Å². The summed E-state index contributed by atoms with van der Waals surface area (Å²) in [4.78, 5) is 5.92. The standard InChI is InChI=1S/C17H21N3OS/c21-15-8-3-7-14(11-15)20-17(19-13-5-1-2-6-13)18-12-16-9-4-10-22-16/h3-4,7-11,13,21H,1-2,5-6,12H2,(H2,18,19,20). The zero-order valence-electron chi connectivity index (χ0n) is 12.5. The minimum atomic E-state index is 0.253. The molecule has 0 aliphatic heterocycles. The fourth-order valence-corrected chi connectivity index (χ4v) is 3.29. The van der Waals surface area contributed by atoms with E-state index in [9.17, 15) is 5.11 Å². The molecule has 1 aliphatic rings. The Balaban J connectivity index is 1.70. The van der Waals surface area contributed by atoms with Crippen LogP contribution in [0, 0.1) is 0 Å². The molecule has 4 nitrogen and oxygen atoms in total. The number of benzene rings is 1. The Bertz CT molecular complexity index is 619. The third kappa shape index (κ3) is 4.24. The highest BCUT2D eigenvalue weighted by atomic mass is 32.1. The number of thiophene rings is 1. The molecule has 3 rings (SSSR count). The van der Waals surface area contributed by atoms with Gasteiger partial charge in [0.15, 0.2) is 5.96 Å². The largest absolute Gasteiger partial charge is 0.508 e. The number of nitrogens with one attached hydrogen (secondary N) is 2. The Kier molecular flexibility index (Phi) is 4.96. The number of aromatic hydroxyl groups is 1. The van der Waals surface area contributed by atoms with Crippen LogP contribution in [0.25, 0.3) is 0 Å². The molecule has 0 atom stereocenters. The molecule has 0 saturated heterocycles. The van der Waals surface area contributed by atoms with Gasteiger partial charge in [0, 0.05) is 22.7 Å². The maximum atomic E-state index is 9.59. The highest BCUT2D eigenvalue weighted by Crippen LogP contribution is 2.19. The number of anilines is 1. The first-order valence-electron chi connectivity index (χ1n) is 7.69. The van der Waals surface area contributed by atoms with Gasteiger partial charge in [0.1, 0.15) is 5.75 Å². The molecule has 2 aromatic rings. The first-order valence-corrected chi connectivity index (χ1v) is 8.57. The van der Waals surface area contributed by atoms with Crippen molar-refractivity contribution in [2.24, 2.45) is 4.99 Å². The molecule has 1 aromatic carbocycles. The summed E-state index contributed by atoms with van der Waals surface area (Å²) in [6.45, 7) is 0.665. The molecule has 0 amide bonds. The molecule has 0 spiro atoms. The lowest BCUT2D eigenvalue weighted by atomic mass is 10.2. The van der Waals surface area contributed by atoms with E-state index in [1.807, 2.05) is 18.2 Å². The summed E-state index contributed by atoms with van der Waals surface area (Å²) in [6, 6.07) is 11.8. The van der Waals surface area contributed by atoms with Gasteiger partial charge in [-0.2, -0.15) is 0 Å². The SMILES string of the molecule is Oc1cccc(NC(=NCc2cccs2)NC2CCCC2)c1. The van der Waals surface area contributed by atoms with Crippen molar-refractivity contribution in [3.8, 4) is 5.75 Å². The molecule has 1 saturated carbocycles. The molecule has 116 valence electrons. The summed E-state index contributed by atoms with van der Waals surface area (Å²) in [6.07, 6.45) is 4.95. The van der Waals surface area contributed by atoms with Gasteiger partial charge in [-0.25, -0.2) is 4.99 Å². The van der Waals surface area contributed by atoms with Crippen molar-refractivity contribution < 1.29 is 5.11 Å². The molecule has 0 radical (unpaired) electrons. The molecule has 1 heterocycles. The zero-order chi connectivity index (χ0) is 15.2. The van der Waals surface area contributed by atoms with Crippen LogP contribution >= 0.6 is 11.3 Å². The normalized spacial score (nSPS) is 15.9. The maximum Gasteiger partial charge on any atom is 0.196 e. The summed E-state index contributed by atoms with van der Waals surface area (Å²) >= 11 is 1.71.